The Bertz CT molecular complexity index is 553. The number of hydrogen-bond donors (Lipinski definition) is 1. The average Bonchev–Trinajstić information content (AvgIpc) is 3.23. The van der Waals surface area contributed by atoms with E-state index >= 15 is 0 Å². The summed E-state index contributed by atoms with van der Waals surface area (Å²) in [6, 6.07) is 1.85. The Labute approximate surface area is 150 Å². The number of nitrogens with one attached hydrogen (secondary N) is 1. The number of rotatable bonds is 6. The fraction of sp³-hybridized carbons (Fsp3) is 0.778. The molecule has 2 aliphatic rings. The molecular formula is C18H31N5O2. The zero-order valence-corrected chi connectivity index (χ0v) is 15.5. The van der Waals surface area contributed by atoms with Gasteiger partial charge in [-0.1, -0.05) is 13.8 Å². The molecule has 0 aromatic carbocycles. The molecule has 1 aromatic rings. The van der Waals surface area contributed by atoms with E-state index in [0.29, 0.717) is 17.7 Å². The van der Waals surface area contributed by atoms with Crippen molar-refractivity contribution in [2.45, 2.75) is 33.2 Å². The highest BCUT2D eigenvalue weighted by molar-refractivity contribution is 5.88. The number of amides is 2. The second-order valence-electron chi connectivity index (χ2n) is 7.59. The molecule has 3 rings (SSSR count). The molecule has 2 amide bonds. The highest BCUT2D eigenvalue weighted by Crippen LogP contribution is 2.19. The van der Waals surface area contributed by atoms with Crippen LogP contribution >= 0.6 is 0 Å². The summed E-state index contributed by atoms with van der Waals surface area (Å²) in [5, 5.41) is 7.38. The molecule has 1 N–H and O–H groups in total. The van der Waals surface area contributed by atoms with E-state index in [9.17, 15) is 4.79 Å². The maximum Gasteiger partial charge on any atom is 0.323 e. The standard InChI is InChI=1S/C18H31N5O2/c1-15(2)3-7-23-8-5-17(20-23)19-18(24)22-6-4-16(14-22)13-21-9-11-25-12-10-21/h5,8,15-16H,3-4,6-7,9-14H2,1-2H3,(H,19,20,24)/t16-/m0/s1. The summed E-state index contributed by atoms with van der Waals surface area (Å²) < 4.78 is 7.30. The Balaban J connectivity index is 1.42. The second-order valence-corrected chi connectivity index (χ2v) is 7.59. The van der Waals surface area contributed by atoms with Gasteiger partial charge >= 0.3 is 6.03 Å². The van der Waals surface area contributed by atoms with E-state index < -0.39 is 0 Å². The normalized spacial score (nSPS) is 21.9. The van der Waals surface area contributed by atoms with Crippen LogP contribution < -0.4 is 5.32 Å². The Morgan fingerprint density at radius 1 is 1.36 bits per heavy atom. The van der Waals surface area contributed by atoms with Gasteiger partial charge in [0, 0.05) is 51.5 Å². The molecule has 1 aromatic heterocycles. The van der Waals surface area contributed by atoms with Crippen molar-refractivity contribution < 1.29 is 9.53 Å². The van der Waals surface area contributed by atoms with Crippen LogP contribution in [0.15, 0.2) is 12.3 Å². The minimum Gasteiger partial charge on any atom is -0.379 e. The SMILES string of the molecule is CC(C)CCn1ccc(NC(=O)N2CC[C@@H](CN3CCOCC3)C2)n1. The molecular weight excluding hydrogens is 318 g/mol. The van der Waals surface area contributed by atoms with Crippen LogP contribution in [-0.4, -0.2) is 71.5 Å². The van der Waals surface area contributed by atoms with Crippen molar-refractivity contribution in [2.24, 2.45) is 11.8 Å². The summed E-state index contributed by atoms with van der Waals surface area (Å²) in [5.74, 6) is 1.85. The van der Waals surface area contributed by atoms with Gasteiger partial charge in [-0.3, -0.25) is 14.9 Å². The van der Waals surface area contributed by atoms with Gasteiger partial charge in [-0.25, -0.2) is 4.79 Å². The van der Waals surface area contributed by atoms with E-state index in [1.54, 1.807) is 0 Å². The van der Waals surface area contributed by atoms with E-state index in [0.717, 1.165) is 65.3 Å². The molecule has 2 fully saturated rings. The summed E-state index contributed by atoms with van der Waals surface area (Å²) in [6.07, 6.45) is 4.10. The van der Waals surface area contributed by atoms with Gasteiger partial charge in [-0.2, -0.15) is 5.10 Å². The number of likely N-dealkylation sites (tertiary alicyclic amines) is 1. The van der Waals surface area contributed by atoms with Gasteiger partial charge in [-0.05, 0) is 24.7 Å². The van der Waals surface area contributed by atoms with Crippen LogP contribution in [0.5, 0.6) is 0 Å². The molecule has 7 nitrogen and oxygen atoms in total. The number of carbonyl (C=O) groups is 1. The van der Waals surface area contributed by atoms with Crippen molar-refractivity contribution >= 4 is 11.8 Å². The molecule has 2 aliphatic heterocycles. The number of nitrogens with zero attached hydrogens (tertiary/aromatic N) is 4. The maximum atomic E-state index is 12.5. The van der Waals surface area contributed by atoms with E-state index in [2.05, 4.69) is 29.2 Å². The fourth-order valence-corrected chi connectivity index (χ4v) is 3.45. The lowest BCUT2D eigenvalue weighted by atomic mass is 10.1. The summed E-state index contributed by atoms with van der Waals surface area (Å²) in [6.45, 7) is 11.7. The third-order valence-corrected chi connectivity index (χ3v) is 5.00. The van der Waals surface area contributed by atoms with Crippen molar-refractivity contribution in [1.82, 2.24) is 19.6 Å². The monoisotopic (exact) mass is 349 g/mol. The summed E-state index contributed by atoms with van der Waals surface area (Å²) in [7, 11) is 0. The number of urea groups is 1. The first kappa shape index (κ1) is 18.2. The average molecular weight is 349 g/mol. The molecule has 0 unspecified atom stereocenters. The lowest BCUT2D eigenvalue weighted by Crippen LogP contribution is -2.40. The van der Waals surface area contributed by atoms with Crippen molar-refractivity contribution in [3.05, 3.63) is 12.3 Å². The summed E-state index contributed by atoms with van der Waals surface area (Å²) >= 11 is 0. The minimum atomic E-state index is -0.0291. The Hall–Kier alpha value is -1.60. The fourth-order valence-electron chi connectivity index (χ4n) is 3.45. The first-order chi connectivity index (χ1) is 12.1. The van der Waals surface area contributed by atoms with Crippen molar-refractivity contribution in [3.8, 4) is 0 Å². The van der Waals surface area contributed by atoms with Crippen LogP contribution in [0.3, 0.4) is 0 Å². The number of anilines is 1. The lowest BCUT2D eigenvalue weighted by Gasteiger charge is -2.29. The van der Waals surface area contributed by atoms with Gasteiger partial charge in [0.1, 0.15) is 0 Å². The summed E-state index contributed by atoms with van der Waals surface area (Å²) in [4.78, 5) is 16.8. The minimum absolute atomic E-state index is 0.0291. The largest absolute Gasteiger partial charge is 0.379 e. The van der Waals surface area contributed by atoms with Gasteiger partial charge in [0.25, 0.3) is 0 Å². The van der Waals surface area contributed by atoms with Gasteiger partial charge in [0.05, 0.1) is 13.2 Å². The van der Waals surface area contributed by atoms with Crippen LogP contribution in [0.4, 0.5) is 10.6 Å². The smallest absolute Gasteiger partial charge is 0.323 e. The molecule has 7 heteroatoms. The van der Waals surface area contributed by atoms with Crippen molar-refractivity contribution in [1.29, 1.82) is 0 Å². The third kappa shape index (κ3) is 5.44. The second kappa shape index (κ2) is 8.67. The molecule has 2 saturated heterocycles. The molecule has 140 valence electrons. The number of morpholine rings is 1. The first-order valence-electron chi connectivity index (χ1n) is 9.49. The molecule has 3 heterocycles. The number of carbonyl (C=O) groups excluding carboxylic acids is 1. The molecule has 0 radical (unpaired) electrons. The van der Waals surface area contributed by atoms with Gasteiger partial charge in [0.15, 0.2) is 5.82 Å². The summed E-state index contributed by atoms with van der Waals surface area (Å²) in [5.41, 5.74) is 0. The van der Waals surface area contributed by atoms with Gasteiger partial charge in [0.2, 0.25) is 0 Å². The number of aromatic nitrogens is 2. The molecule has 1 atom stereocenters. The lowest BCUT2D eigenvalue weighted by molar-refractivity contribution is 0.0314. The van der Waals surface area contributed by atoms with Crippen LogP contribution in [-0.2, 0) is 11.3 Å². The van der Waals surface area contributed by atoms with E-state index in [1.807, 2.05) is 21.8 Å². The predicted octanol–water partition coefficient (Wildman–Crippen LogP) is 2.12. The van der Waals surface area contributed by atoms with Crippen LogP contribution in [0.2, 0.25) is 0 Å². The van der Waals surface area contributed by atoms with Gasteiger partial charge < -0.3 is 9.64 Å². The van der Waals surface area contributed by atoms with E-state index in [-0.39, 0.29) is 6.03 Å². The van der Waals surface area contributed by atoms with Crippen LogP contribution in [0, 0.1) is 11.8 Å². The molecule has 0 bridgehead atoms. The van der Waals surface area contributed by atoms with Crippen molar-refractivity contribution in [3.63, 3.8) is 0 Å². The first-order valence-corrected chi connectivity index (χ1v) is 9.49. The molecule has 0 saturated carbocycles. The maximum absolute atomic E-state index is 12.5. The zero-order valence-electron chi connectivity index (χ0n) is 15.5. The number of ether oxygens (including phenoxy) is 1. The topological polar surface area (TPSA) is 62.6 Å². The van der Waals surface area contributed by atoms with Crippen LogP contribution in [0.1, 0.15) is 26.7 Å². The predicted molar refractivity (Wildman–Crippen MR) is 97.6 cm³/mol. The highest BCUT2D eigenvalue weighted by atomic mass is 16.5. The highest BCUT2D eigenvalue weighted by Gasteiger charge is 2.28. The van der Waals surface area contributed by atoms with Crippen LogP contribution in [0.25, 0.3) is 0 Å². The number of aryl methyl sites for hydroxylation is 1. The zero-order chi connectivity index (χ0) is 17.6. The Kier molecular flexibility index (Phi) is 6.31. The van der Waals surface area contributed by atoms with E-state index in [1.165, 1.54) is 0 Å². The molecule has 0 aliphatic carbocycles. The van der Waals surface area contributed by atoms with Gasteiger partial charge in [-0.15, -0.1) is 0 Å². The Morgan fingerprint density at radius 3 is 2.92 bits per heavy atom. The molecule has 25 heavy (non-hydrogen) atoms. The quantitative estimate of drug-likeness (QED) is 0.854. The Morgan fingerprint density at radius 2 is 2.16 bits per heavy atom. The van der Waals surface area contributed by atoms with Crippen molar-refractivity contribution in [2.75, 3.05) is 51.3 Å². The molecule has 0 spiro atoms. The van der Waals surface area contributed by atoms with E-state index in [4.69, 9.17) is 4.74 Å². The number of hydrogen-bond acceptors (Lipinski definition) is 4. The third-order valence-electron chi connectivity index (χ3n) is 5.00.